The van der Waals surface area contributed by atoms with E-state index < -0.39 is 0 Å². The first-order valence-corrected chi connectivity index (χ1v) is 5.62. The molecule has 0 aromatic rings. The molecule has 1 saturated heterocycles. The van der Waals surface area contributed by atoms with Crippen LogP contribution in [0.15, 0.2) is 0 Å². The largest absolute Gasteiger partial charge is 0.300 e. The number of hydrogen-bond donors (Lipinski definition) is 0. The van der Waals surface area contributed by atoms with Crippen LogP contribution >= 0.6 is 0 Å². The van der Waals surface area contributed by atoms with Gasteiger partial charge in [0.05, 0.1) is 0 Å². The van der Waals surface area contributed by atoms with Crippen LogP contribution in [0.25, 0.3) is 0 Å². The average Bonchev–Trinajstić information content (AvgIpc) is 2.03. The summed E-state index contributed by atoms with van der Waals surface area (Å²) >= 11 is 0. The van der Waals surface area contributed by atoms with Crippen LogP contribution in [0.3, 0.4) is 0 Å². The highest BCUT2D eigenvalue weighted by Gasteiger charge is 2.28. The molecule has 1 heteroatoms. The molecule has 2 rings (SSSR count). The summed E-state index contributed by atoms with van der Waals surface area (Å²) in [6, 6.07) is 0.888. The first-order chi connectivity index (χ1) is 5.88. The summed E-state index contributed by atoms with van der Waals surface area (Å²) < 4.78 is 0. The summed E-state index contributed by atoms with van der Waals surface area (Å²) in [6.07, 6.45) is 8.83. The number of piperidine rings is 1. The van der Waals surface area contributed by atoms with Gasteiger partial charge in [0, 0.05) is 6.04 Å². The maximum Gasteiger partial charge on any atom is 0.00951 e. The van der Waals surface area contributed by atoms with Gasteiger partial charge in [-0.25, -0.2) is 0 Å². The quantitative estimate of drug-likeness (QED) is 0.611. The Balaban J connectivity index is 1.80. The van der Waals surface area contributed by atoms with Gasteiger partial charge >= 0.3 is 0 Å². The van der Waals surface area contributed by atoms with Crippen molar-refractivity contribution in [3.05, 3.63) is 0 Å². The summed E-state index contributed by atoms with van der Waals surface area (Å²) in [7, 11) is 0. The molecule has 1 saturated carbocycles. The van der Waals surface area contributed by atoms with Crippen molar-refractivity contribution in [1.82, 2.24) is 4.90 Å². The fourth-order valence-electron chi connectivity index (χ4n) is 2.55. The predicted molar refractivity (Wildman–Crippen MR) is 52.2 cm³/mol. The molecule has 70 valence electrons. The summed E-state index contributed by atoms with van der Waals surface area (Å²) in [5, 5.41) is 0. The number of rotatable bonds is 2. The second-order valence-corrected chi connectivity index (χ2v) is 4.53. The van der Waals surface area contributed by atoms with Crippen molar-refractivity contribution >= 4 is 0 Å². The van der Waals surface area contributed by atoms with E-state index in [4.69, 9.17) is 0 Å². The maximum absolute atomic E-state index is 2.72. The second-order valence-electron chi connectivity index (χ2n) is 4.53. The highest BCUT2D eigenvalue weighted by molar-refractivity contribution is 4.82. The van der Waals surface area contributed by atoms with E-state index in [-0.39, 0.29) is 0 Å². The SMILES string of the molecule is CC(C1CCC1)N1CCCCC1. The lowest BCUT2D eigenvalue weighted by molar-refractivity contribution is 0.0901. The molecule has 1 nitrogen and oxygen atoms in total. The van der Waals surface area contributed by atoms with Crippen molar-refractivity contribution in [2.24, 2.45) is 5.92 Å². The third kappa shape index (κ3) is 1.66. The summed E-state index contributed by atoms with van der Waals surface area (Å²) in [5.74, 6) is 1.04. The molecule has 0 bridgehead atoms. The minimum Gasteiger partial charge on any atom is -0.300 e. The third-order valence-corrected chi connectivity index (χ3v) is 3.80. The van der Waals surface area contributed by atoms with E-state index in [0.717, 1.165) is 12.0 Å². The van der Waals surface area contributed by atoms with Crippen LogP contribution < -0.4 is 0 Å². The fourth-order valence-corrected chi connectivity index (χ4v) is 2.55. The van der Waals surface area contributed by atoms with Crippen molar-refractivity contribution < 1.29 is 0 Å². The van der Waals surface area contributed by atoms with Crippen LogP contribution in [0.5, 0.6) is 0 Å². The molecule has 2 aliphatic rings. The van der Waals surface area contributed by atoms with Crippen LogP contribution in [0.4, 0.5) is 0 Å². The minimum absolute atomic E-state index is 0.888. The zero-order valence-electron chi connectivity index (χ0n) is 8.26. The van der Waals surface area contributed by atoms with E-state index in [9.17, 15) is 0 Å². The lowest BCUT2D eigenvalue weighted by Crippen LogP contribution is -2.43. The van der Waals surface area contributed by atoms with Gasteiger partial charge in [-0.15, -0.1) is 0 Å². The molecule has 1 aliphatic heterocycles. The van der Waals surface area contributed by atoms with E-state index >= 15 is 0 Å². The second kappa shape index (κ2) is 3.78. The molecule has 0 amide bonds. The smallest absolute Gasteiger partial charge is 0.00951 e. The Morgan fingerprint density at radius 3 is 2.17 bits per heavy atom. The normalized spacial score (nSPS) is 29.8. The van der Waals surface area contributed by atoms with E-state index in [1.54, 1.807) is 0 Å². The maximum atomic E-state index is 2.72. The van der Waals surface area contributed by atoms with Crippen molar-refractivity contribution in [1.29, 1.82) is 0 Å². The molecule has 0 aromatic heterocycles. The third-order valence-electron chi connectivity index (χ3n) is 3.80. The molecule has 1 atom stereocenters. The lowest BCUT2D eigenvalue weighted by Gasteiger charge is -2.40. The Hall–Kier alpha value is -0.0400. The molecule has 1 unspecified atom stereocenters. The van der Waals surface area contributed by atoms with Gasteiger partial charge in [0.1, 0.15) is 0 Å². The number of nitrogens with zero attached hydrogens (tertiary/aromatic N) is 1. The lowest BCUT2D eigenvalue weighted by atomic mass is 9.79. The monoisotopic (exact) mass is 167 g/mol. The van der Waals surface area contributed by atoms with Crippen molar-refractivity contribution in [2.45, 2.75) is 51.5 Å². The Labute approximate surface area is 76.1 Å². The Bertz CT molecular complexity index is 134. The van der Waals surface area contributed by atoms with Crippen molar-refractivity contribution in [2.75, 3.05) is 13.1 Å². The summed E-state index contributed by atoms with van der Waals surface area (Å²) in [4.78, 5) is 2.72. The highest BCUT2D eigenvalue weighted by Crippen LogP contribution is 2.32. The molecule has 2 fully saturated rings. The first kappa shape index (κ1) is 8.55. The van der Waals surface area contributed by atoms with E-state index in [1.165, 1.54) is 51.6 Å². The molecule has 0 spiro atoms. The summed E-state index contributed by atoms with van der Waals surface area (Å²) in [5.41, 5.74) is 0. The standard InChI is InChI=1S/C11H21N/c1-10(11-6-5-7-11)12-8-3-2-4-9-12/h10-11H,2-9H2,1H3. The van der Waals surface area contributed by atoms with Gasteiger partial charge < -0.3 is 4.90 Å². The first-order valence-electron chi connectivity index (χ1n) is 5.62. The van der Waals surface area contributed by atoms with Crippen LogP contribution in [0.2, 0.25) is 0 Å². The molecular formula is C11H21N. The summed E-state index contributed by atoms with van der Waals surface area (Å²) in [6.45, 7) is 5.18. The van der Waals surface area contributed by atoms with E-state index in [0.29, 0.717) is 0 Å². The Kier molecular flexibility index (Phi) is 2.69. The van der Waals surface area contributed by atoms with Crippen molar-refractivity contribution in [3.8, 4) is 0 Å². The number of likely N-dealkylation sites (tertiary alicyclic amines) is 1. The van der Waals surface area contributed by atoms with Gasteiger partial charge in [-0.1, -0.05) is 12.8 Å². The fraction of sp³-hybridized carbons (Fsp3) is 1.00. The van der Waals surface area contributed by atoms with Crippen LogP contribution in [-0.4, -0.2) is 24.0 Å². The predicted octanol–water partition coefficient (Wildman–Crippen LogP) is 2.66. The van der Waals surface area contributed by atoms with Gasteiger partial charge in [-0.05, 0) is 51.6 Å². The minimum atomic E-state index is 0.888. The van der Waals surface area contributed by atoms with E-state index in [1.807, 2.05) is 0 Å². The molecular weight excluding hydrogens is 146 g/mol. The van der Waals surface area contributed by atoms with Gasteiger partial charge in [0.2, 0.25) is 0 Å². The Morgan fingerprint density at radius 2 is 1.67 bits per heavy atom. The van der Waals surface area contributed by atoms with Gasteiger partial charge in [-0.3, -0.25) is 0 Å². The van der Waals surface area contributed by atoms with Crippen LogP contribution in [-0.2, 0) is 0 Å². The molecule has 1 heterocycles. The van der Waals surface area contributed by atoms with Gasteiger partial charge in [0.15, 0.2) is 0 Å². The molecule has 12 heavy (non-hydrogen) atoms. The molecule has 0 aromatic carbocycles. The molecule has 0 radical (unpaired) electrons. The van der Waals surface area contributed by atoms with Gasteiger partial charge in [-0.2, -0.15) is 0 Å². The number of hydrogen-bond acceptors (Lipinski definition) is 1. The van der Waals surface area contributed by atoms with Crippen LogP contribution in [0, 0.1) is 5.92 Å². The topological polar surface area (TPSA) is 3.24 Å². The van der Waals surface area contributed by atoms with Crippen molar-refractivity contribution in [3.63, 3.8) is 0 Å². The van der Waals surface area contributed by atoms with Gasteiger partial charge in [0.25, 0.3) is 0 Å². The highest BCUT2D eigenvalue weighted by atomic mass is 15.2. The van der Waals surface area contributed by atoms with Crippen LogP contribution in [0.1, 0.15) is 45.4 Å². The average molecular weight is 167 g/mol. The molecule has 1 aliphatic carbocycles. The Morgan fingerprint density at radius 1 is 1.00 bits per heavy atom. The zero-order valence-corrected chi connectivity index (χ0v) is 8.26. The molecule has 0 N–H and O–H groups in total. The van der Waals surface area contributed by atoms with E-state index in [2.05, 4.69) is 11.8 Å². The zero-order chi connectivity index (χ0) is 8.39.